The van der Waals surface area contributed by atoms with E-state index in [2.05, 4.69) is 12.1 Å². The second kappa shape index (κ2) is 14.6. The van der Waals surface area contributed by atoms with E-state index < -0.39 is 0 Å². The molecule has 0 N–H and O–H groups in total. The highest BCUT2D eigenvalue weighted by atomic mass is 16.1. The largest absolute Gasteiger partial charge is 0.289 e. The Balaban J connectivity index is 1.38. The van der Waals surface area contributed by atoms with E-state index in [4.69, 9.17) is 0 Å². The van der Waals surface area contributed by atoms with E-state index >= 15 is 0 Å². The van der Waals surface area contributed by atoms with E-state index in [0.717, 1.165) is 33.4 Å². The van der Waals surface area contributed by atoms with Gasteiger partial charge in [0.1, 0.15) is 0 Å². The molecule has 7 aromatic rings. The molecule has 0 amide bonds. The maximum Gasteiger partial charge on any atom is 0.193 e. The van der Waals surface area contributed by atoms with Crippen LogP contribution in [0.5, 0.6) is 0 Å². The van der Waals surface area contributed by atoms with Gasteiger partial charge in [0.05, 0.1) is 0 Å². The van der Waals surface area contributed by atoms with Crippen molar-refractivity contribution < 1.29 is 14.4 Å². The summed E-state index contributed by atoms with van der Waals surface area (Å²) in [4.78, 5) is 39.9. The lowest BCUT2D eigenvalue weighted by molar-refractivity contribution is 0.103. The minimum Gasteiger partial charge on any atom is -0.289 e. The molecule has 0 atom stereocenters. The molecule has 0 saturated carbocycles. The summed E-state index contributed by atoms with van der Waals surface area (Å²) in [6.07, 6.45) is 0. The molecule has 0 aromatic heterocycles. The lowest BCUT2D eigenvalue weighted by atomic mass is 9.84. The minimum absolute atomic E-state index is 0.0417. The van der Waals surface area contributed by atoms with Crippen molar-refractivity contribution in [3.63, 3.8) is 0 Å². The summed E-state index contributed by atoms with van der Waals surface area (Å²) >= 11 is 0. The van der Waals surface area contributed by atoms with Crippen LogP contribution in [-0.4, -0.2) is 17.3 Å². The SMILES string of the molecule is O=C(c1ccccc1)c1ccc(C(=C(c2ccc(C(=O)c3ccccc3)cc2)c2ccc(C(=O)c3ccccc3)cc2)c2ccccc2)cc1. The smallest absolute Gasteiger partial charge is 0.193 e. The van der Waals surface area contributed by atoms with Gasteiger partial charge in [-0.25, -0.2) is 0 Å². The molecule has 0 aliphatic carbocycles. The Morgan fingerprint density at radius 1 is 0.200 bits per heavy atom. The quantitative estimate of drug-likeness (QED) is 0.110. The van der Waals surface area contributed by atoms with Crippen molar-refractivity contribution in [3.05, 3.63) is 250 Å². The topological polar surface area (TPSA) is 51.2 Å². The summed E-state index contributed by atoms with van der Waals surface area (Å²) in [6, 6.07) is 61.0. The van der Waals surface area contributed by atoms with Gasteiger partial charge in [-0.2, -0.15) is 0 Å². The predicted molar refractivity (Wildman–Crippen MR) is 200 cm³/mol. The van der Waals surface area contributed by atoms with Crippen molar-refractivity contribution in [2.75, 3.05) is 0 Å². The number of carbonyl (C=O) groups excluding carboxylic acids is 3. The molecule has 0 spiro atoms. The van der Waals surface area contributed by atoms with Gasteiger partial charge in [-0.05, 0) is 33.4 Å². The Morgan fingerprint density at radius 3 is 0.600 bits per heavy atom. The molecule has 3 heteroatoms. The molecular formula is C47H32O3. The van der Waals surface area contributed by atoms with Crippen molar-refractivity contribution in [2.45, 2.75) is 0 Å². The van der Waals surface area contributed by atoms with Crippen molar-refractivity contribution in [1.82, 2.24) is 0 Å². The van der Waals surface area contributed by atoms with Gasteiger partial charge in [0, 0.05) is 33.4 Å². The van der Waals surface area contributed by atoms with Gasteiger partial charge < -0.3 is 0 Å². The predicted octanol–water partition coefficient (Wildman–Crippen LogP) is 10.4. The molecule has 0 aliphatic rings. The maximum atomic E-state index is 13.3. The number of benzene rings is 7. The zero-order valence-electron chi connectivity index (χ0n) is 27.2. The van der Waals surface area contributed by atoms with Gasteiger partial charge in [0.15, 0.2) is 17.3 Å². The van der Waals surface area contributed by atoms with Crippen LogP contribution in [0, 0.1) is 0 Å². The molecule has 0 fully saturated rings. The Bertz CT molecular complexity index is 2190. The molecule has 3 nitrogen and oxygen atoms in total. The fourth-order valence-electron chi connectivity index (χ4n) is 6.15. The highest BCUT2D eigenvalue weighted by Crippen LogP contribution is 2.37. The number of hydrogen-bond donors (Lipinski definition) is 0. The molecule has 50 heavy (non-hydrogen) atoms. The highest BCUT2D eigenvalue weighted by molar-refractivity contribution is 6.12. The fourth-order valence-corrected chi connectivity index (χ4v) is 6.15. The van der Waals surface area contributed by atoms with Gasteiger partial charge in [-0.1, -0.05) is 194 Å². The number of carbonyl (C=O) groups is 3. The average Bonchev–Trinajstić information content (AvgIpc) is 3.21. The standard InChI is InChI=1S/C47H32O3/c48-45(37-15-7-2-8-16-37)40-27-21-34(22-28-40)43(33-13-5-1-6-14-33)44(35-23-29-41(30-24-35)46(49)38-17-9-3-10-18-38)36-25-31-42(32-26-36)47(50)39-19-11-4-12-20-39/h1-32H. The lowest BCUT2D eigenvalue weighted by Crippen LogP contribution is -2.04. The van der Waals surface area contributed by atoms with Crippen LogP contribution in [0.1, 0.15) is 70.0 Å². The Labute approximate surface area is 291 Å². The first-order valence-corrected chi connectivity index (χ1v) is 16.5. The van der Waals surface area contributed by atoms with E-state index in [1.165, 1.54) is 0 Å². The van der Waals surface area contributed by atoms with Crippen molar-refractivity contribution in [3.8, 4) is 0 Å². The van der Waals surface area contributed by atoms with Crippen molar-refractivity contribution in [2.24, 2.45) is 0 Å². The molecule has 238 valence electrons. The summed E-state index contributed by atoms with van der Waals surface area (Å²) in [5.74, 6) is -0.137. The first-order valence-electron chi connectivity index (χ1n) is 16.5. The number of rotatable bonds is 10. The zero-order valence-corrected chi connectivity index (χ0v) is 27.2. The van der Waals surface area contributed by atoms with Crippen LogP contribution in [0.15, 0.2) is 194 Å². The third-order valence-corrected chi connectivity index (χ3v) is 8.73. The van der Waals surface area contributed by atoms with Crippen LogP contribution < -0.4 is 0 Å². The van der Waals surface area contributed by atoms with Crippen LogP contribution in [0.3, 0.4) is 0 Å². The Kier molecular flexibility index (Phi) is 9.30. The molecule has 0 bridgehead atoms. The van der Waals surface area contributed by atoms with Crippen molar-refractivity contribution >= 4 is 28.5 Å². The summed E-state index contributed by atoms with van der Waals surface area (Å²) in [7, 11) is 0. The normalized spacial score (nSPS) is 10.6. The minimum atomic E-state index is -0.0478. The third-order valence-electron chi connectivity index (χ3n) is 8.73. The van der Waals surface area contributed by atoms with Crippen LogP contribution in [0.4, 0.5) is 0 Å². The van der Waals surface area contributed by atoms with E-state index in [9.17, 15) is 14.4 Å². The van der Waals surface area contributed by atoms with Gasteiger partial charge in [-0.3, -0.25) is 14.4 Å². The van der Waals surface area contributed by atoms with E-state index in [1.54, 1.807) is 0 Å². The third kappa shape index (κ3) is 6.80. The monoisotopic (exact) mass is 644 g/mol. The fraction of sp³-hybridized carbons (Fsp3) is 0. The number of ketones is 3. The summed E-state index contributed by atoms with van der Waals surface area (Å²) in [6.45, 7) is 0. The van der Waals surface area contributed by atoms with Crippen molar-refractivity contribution in [1.29, 1.82) is 0 Å². The van der Waals surface area contributed by atoms with Crippen LogP contribution >= 0.6 is 0 Å². The highest BCUT2D eigenvalue weighted by Gasteiger charge is 2.19. The van der Waals surface area contributed by atoms with E-state index in [1.807, 2.05) is 182 Å². The molecule has 7 rings (SSSR count). The van der Waals surface area contributed by atoms with Gasteiger partial charge >= 0.3 is 0 Å². The average molecular weight is 645 g/mol. The second-order valence-corrected chi connectivity index (χ2v) is 11.9. The number of hydrogen-bond acceptors (Lipinski definition) is 3. The van der Waals surface area contributed by atoms with E-state index in [-0.39, 0.29) is 17.3 Å². The summed E-state index contributed by atoms with van der Waals surface area (Å²) < 4.78 is 0. The lowest BCUT2D eigenvalue weighted by Gasteiger charge is -2.19. The van der Waals surface area contributed by atoms with Gasteiger partial charge in [0.25, 0.3) is 0 Å². The summed E-state index contributed by atoms with van der Waals surface area (Å²) in [5, 5.41) is 0. The first-order chi connectivity index (χ1) is 24.6. The van der Waals surface area contributed by atoms with Gasteiger partial charge in [-0.15, -0.1) is 0 Å². The van der Waals surface area contributed by atoms with Crippen LogP contribution in [-0.2, 0) is 0 Å². The maximum absolute atomic E-state index is 13.3. The molecule has 0 aliphatic heterocycles. The molecule has 0 radical (unpaired) electrons. The van der Waals surface area contributed by atoms with Crippen LogP contribution in [0.25, 0.3) is 11.1 Å². The van der Waals surface area contributed by atoms with Crippen LogP contribution in [0.2, 0.25) is 0 Å². The first kappa shape index (κ1) is 31.9. The zero-order chi connectivity index (χ0) is 34.3. The molecular weight excluding hydrogens is 613 g/mol. The Morgan fingerprint density at radius 2 is 0.360 bits per heavy atom. The Hall–Kier alpha value is -6.71. The molecule has 7 aromatic carbocycles. The molecule has 0 saturated heterocycles. The van der Waals surface area contributed by atoms with Gasteiger partial charge in [0.2, 0.25) is 0 Å². The second-order valence-electron chi connectivity index (χ2n) is 11.9. The molecule has 0 heterocycles. The summed E-state index contributed by atoms with van der Waals surface area (Å²) in [5.41, 5.74) is 9.26. The van der Waals surface area contributed by atoms with E-state index in [0.29, 0.717) is 33.4 Å². The molecule has 0 unspecified atom stereocenters.